The quantitative estimate of drug-likeness (QED) is 0.406. The number of aliphatic imine (C=N–C) groups is 1. The van der Waals surface area contributed by atoms with E-state index < -0.39 is 0 Å². The molecule has 148 valence electrons. The molecule has 1 amide bonds. The van der Waals surface area contributed by atoms with Crippen LogP contribution in [0.1, 0.15) is 50.5 Å². The van der Waals surface area contributed by atoms with E-state index in [2.05, 4.69) is 39.5 Å². The standard InChI is InChI=1S/C21H30N4O.HI/c1-22-20(24-14-12-21(16-24)10-4-11-21)23-15-17-6-8-18(9-7-17)25-13-3-2-5-19(25)26;/h6-9H,2-5,10-16H2,1H3,(H,22,23);1H. The number of anilines is 1. The van der Waals surface area contributed by atoms with Gasteiger partial charge in [0.05, 0.1) is 0 Å². The number of likely N-dealkylation sites (tertiary alicyclic amines) is 1. The first-order chi connectivity index (χ1) is 12.7. The molecule has 2 heterocycles. The van der Waals surface area contributed by atoms with Crippen molar-refractivity contribution in [2.24, 2.45) is 10.4 Å². The monoisotopic (exact) mass is 482 g/mol. The number of guanidine groups is 1. The summed E-state index contributed by atoms with van der Waals surface area (Å²) in [6.07, 6.45) is 8.28. The highest BCUT2D eigenvalue weighted by atomic mass is 127. The van der Waals surface area contributed by atoms with Crippen molar-refractivity contribution >= 4 is 41.5 Å². The van der Waals surface area contributed by atoms with Crippen LogP contribution in [0.25, 0.3) is 0 Å². The van der Waals surface area contributed by atoms with Gasteiger partial charge in [-0.2, -0.15) is 0 Å². The van der Waals surface area contributed by atoms with Crippen LogP contribution in [-0.4, -0.2) is 43.4 Å². The molecule has 1 saturated carbocycles. The SMILES string of the molecule is CN=C(NCc1ccc(N2CCCCC2=O)cc1)N1CCC2(CCC2)C1.I. The fourth-order valence-corrected chi connectivity index (χ4v) is 4.59. The van der Waals surface area contributed by atoms with Crippen molar-refractivity contribution in [3.8, 4) is 0 Å². The number of hydrogen-bond donors (Lipinski definition) is 1. The van der Waals surface area contributed by atoms with Crippen LogP contribution < -0.4 is 10.2 Å². The predicted molar refractivity (Wildman–Crippen MR) is 121 cm³/mol. The average molecular weight is 482 g/mol. The van der Waals surface area contributed by atoms with Crippen molar-refractivity contribution in [1.82, 2.24) is 10.2 Å². The molecule has 6 heteroatoms. The Morgan fingerprint density at radius 1 is 1.11 bits per heavy atom. The zero-order chi connectivity index (χ0) is 18.0. The van der Waals surface area contributed by atoms with Gasteiger partial charge in [0.25, 0.3) is 0 Å². The Labute approximate surface area is 179 Å². The minimum Gasteiger partial charge on any atom is -0.352 e. The first-order valence-corrected chi connectivity index (χ1v) is 10.0. The molecule has 3 aliphatic rings. The largest absolute Gasteiger partial charge is 0.352 e. The van der Waals surface area contributed by atoms with Gasteiger partial charge in [-0.25, -0.2) is 0 Å². The maximum atomic E-state index is 12.1. The van der Waals surface area contributed by atoms with Crippen LogP contribution in [0.3, 0.4) is 0 Å². The van der Waals surface area contributed by atoms with Crippen molar-refractivity contribution in [2.45, 2.75) is 51.5 Å². The third kappa shape index (κ3) is 4.41. The van der Waals surface area contributed by atoms with Gasteiger partial charge in [0.1, 0.15) is 0 Å². The van der Waals surface area contributed by atoms with Crippen LogP contribution in [0.4, 0.5) is 5.69 Å². The van der Waals surface area contributed by atoms with Crippen LogP contribution in [0.5, 0.6) is 0 Å². The Bertz CT molecular complexity index is 684. The molecule has 1 spiro atoms. The smallest absolute Gasteiger partial charge is 0.226 e. The first kappa shape index (κ1) is 20.4. The van der Waals surface area contributed by atoms with E-state index in [0.717, 1.165) is 50.7 Å². The summed E-state index contributed by atoms with van der Waals surface area (Å²) < 4.78 is 0. The summed E-state index contributed by atoms with van der Waals surface area (Å²) in [5, 5.41) is 3.52. The van der Waals surface area contributed by atoms with Crippen LogP contribution in [-0.2, 0) is 11.3 Å². The van der Waals surface area contributed by atoms with Gasteiger partial charge in [0, 0.05) is 45.3 Å². The van der Waals surface area contributed by atoms with Crippen molar-refractivity contribution < 1.29 is 4.79 Å². The number of piperidine rings is 1. The molecular formula is C21H31IN4O. The van der Waals surface area contributed by atoms with Gasteiger partial charge in [-0.15, -0.1) is 24.0 Å². The summed E-state index contributed by atoms with van der Waals surface area (Å²) in [5.74, 6) is 1.27. The van der Waals surface area contributed by atoms with Gasteiger partial charge in [-0.05, 0) is 55.2 Å². The van der Waals surface area contributed by atoms with Crippen molar-refractivity contribution in [3.63, 3.8) is 0 Å². The lowest BCUT2D eigenvalue weighted by Gasteiger charge is -2.38. The summed E-state index contributed by atoms with van der Waals surface area (Å²) in [6.45, 7) is 3.89. The van der Waals surface area contributed by atoms with Crippen LogP contribution in [0, 0.1) is 5.41 Å². The van der Waals surface area contributed by atoms with Gasteiger partial charge in [0.15, 0.2) is 5.96 Å². The molecule has 0 unspecified atom stereocenters. The van der Waals surface area contributed by atoms with E-state index in [9.17, 15) is 4.79 Å². The fourth-order valence-electron chi connectivity index (χ4n) is 4.59. The highest BCUT2D eigenvalue weighted by Crippen LogP contribution is 2.47. The van der Waals surface area contributed by atoms with E-state index in [1.165, 1.54) is 31.2 Å². The molecular weight excluding hydrogens is 451 g/mol. The van der Waals surface area contributed by atoms with Gasteiger partial charge in [-0.3, -0.25) is 9.79 Å². The third-order valence-corrected chi connectivity index (χ3v) is 6.39. The number of carbonyl (C=O) groups is 1. The molecule has 0 aromatic heterocycles. The maximum absolute atomic E-state index is 12.1. The van der Waals surface area contributed by atoms with E-state index in [4.69, 9.17) is 0 Å². The summed E-state index contributed by atoms with van der Waals surface area (Å²) >= 11 is 0. The molecule has 1 aromatic carbocycles. The number of halogens is 1. The zero-order valence-corrected chi connectivity index (χ0v) is 18.6. The second kappa shape index (κ2) is 8.80. The lowest BCUT2D eigenvalue weighted by Crippen LogP contribution is -2.42. The minimum atomic E-state index is 0. The second-order valence-electron chi connectivity index (χ2n) is 8.09. The first-order valence-electron chi connectivity index (χ1n) is 10.0. The van der Waals surface area contributed by atoms with Crippen LogP contribution in [0.2, 0.25) is 0 Å². The molecule has 0 bridgehead atoms. The minimum absolute atomic E-state index is 0. The van der Waals surface area contributed by atoms with Crippen molar-refractivity contribution in [2.75, 3.05) is 31.6 Å². The normalized spacial score (nSPS) is 21.8. The van der Waals surface area contributed by atoms with Gasteiger partial charge in [-0.1, -0.05) is 18.6 Å². The number of nitrogens with one attached hydrogen (secondary N) is 1. The zero-order valence-electron chi connectivity index (χ0n) is 16.2. The molecule has 5 nitrogen and oxygen atoms in total. The molecule has 3 fully saturated rings. The van der Waals surface area contributed by atoms with E-state index in [-0.39, 0.29) is 29.9 Å². The molecule has 1 aliphatic carbocycles. The molecule has 1 N–H and O–H groups in total. The number of rotatable bonds is 3. The Balaban J connectivity index is 0.00000210. The topological polar surface area (TPSA) is 47.9 Å². The van der Waals surface area contributed by atoms with E-state index in [1.807, 2.05) is 11.9 Å². The summed E-state index contributed by atoms with van der Waals surface area (Å²) in [6, 6.07) is 8.38. The molecule has 0 radical (unpaired) electrons. The summed E-state index contributed by atoms with van der Waals surface area (Å²) in [7, 11) is 1.87. The highest BCUT2D eigenvalue weighted by molar-refractivity contribution is 14.0. The predicted octanol–water partition coefficient (Wildman–Crippen LogP) is 3.77. The van der Waals surface area contributed by atoms with Gasteiger partial charge in [0.2, 0.25) is 5.91 Å². The Kier molecular flexibility index (Phi) is 6.65. The molecule has 2 aliphatic heterocycles. The molecule has 1 aromatic rings. The molecule has 4 rings (SSSR count). The van der Waals surface area contributed by atoms with Gasteiger partial charge >= 0.3 is 0 Å². The number of nitrogens with zero attached hydrogens (tertiary/aromatic N) is 3. The van der Waals surface area contributed by atoms with Crippen molar-refractivity contribution in [1.29, 1.82) is 0 Å². The average Bonchev–Trinajstić information content (AvgIpc) is 3.09. The number of carbonyl (C=O) groups excluding carboxylic acids is 1. The van der Waals surface area contributed by atoms with Crippen LogP contribution >= 0.6 is 24.0 Å². The number of amides is 1. The number of hydrogen-bond acceptors (Lipinski definition) is 2. The van der Waals surface area contributed by atoms with Gasteiger partial charge < -0.3 is 15.1 Å². The fraction of sp³-hybridized carbons (Fsp3) is 0.619. The Morgan fingerprint density at radius 2 is 1.89 bits per heavy atom. The molecule has 27 heavy (non-hydrogen) atoms. The Hall–Kier alpha value is -1.31. The second-order valence-corrected chi connectivity index (χ2v) is 8.09. The highest BCUT2D eigenvalue weighted by Gasteiger charge is 2.43. The molecule has 0 atom stereocenters. The lowest BCUT2D eigenvalue weighted by molar-refractivity contribution is -0.119. The Morgan fingerprint density at radius 3 is 2.48 bits per heavy atom. The van der Waals surface area contributed by atoms with E-state index in [1.54, 1.807) is 0 Å². The third-order valence-electron chi connectivity index (χ3n) is 6.39. The lowest BCUT2D eigenvalue weighted by atomic mass is 9.68. The molecule has 2 saturated heterocycles. The van der Waals surface area contributed by atoms with Crippen molar-refractivity contribution in [3.05, 3.63) is 29.8 Å². The summed E-state index contributed by atoms with van der Waals surface area (Å²) in [5.41, 5.74) is 2.83. The van der Waals surface area contributed by atoms with Crippen LogP contribution in [0.15, 0.2) is 29.3 Å². The van der Waals surface area contributed by atoms with E-state index in [0.29, 0.717) is 11.8 Å². The maximum Gasteiger partial charge on any atom is 0.226 e. The summed E-state index contributed by atoms with van der Waals surface area (Å²) in [4.78, 5) is 20.9. The number of benzene rings is 1. The van der Waals surface area contributed by atoms with E-state index >= 15 is 0 Å².